The Morgan fingerprint density at radius 3 is 2.39 bits per heavy atom. The van der Waals surface area contributed by atoms with Gasteiger partial charge in [-0.15, -0.1) is 0 Å². The molecule has 1 aromatic carbocycles. The van der Waals surface area contributed by atoms with E-state index in [1.54, 1.807) is 7.05 Å². The van der Waals surface area contributed by atoms with Crippen LogP contribution < -0.4 is 5.32 Å². The summed E-state index contributed by atoms with van der Waals surface area (Å²) in [5.41, 5.74) is 2.15. The van der Waals surface area contributed by atoms with E-state index in [0.717, 1.165) is 11.1 Å². The minimum Gasteiger partial charge on any atom is -0.384 e. The molecule has 102 valence electrons. The first-order valence-corrected chi connectivity index (χ1v) is 7.74. The summed E-state index contributed by atoms with van der Waals surface area (Å²) in [5, 5.41) is 3.05. The van der Waals surface area contributed by atoms with Gasteiger partial charge in [-0.05, 0) is 19.5 Å². The van der Waals surface area contributed by atoms with Gasteiger partial charge in [0, 0.05) is 13.2 Å². The van der Waals surface area contributed by atoms with Gasteiger partial charge >= 0.3 is 0 Å². The summed E-state index contributed by atoms with van der Waals surface area (Å²) in [4.78, 5) is 0. The van der Waals surface area contributed by atoms with E-state index in [4.69, 9.17) is 4.74 Å². The van der Waals surface area contributed by atoms with E-state index in [9.17, 15) is 8.42 Å². The van der Waals surface area contributed by atoms with E-state index in [0.29, 0.717) is 0 Å². The van der Waals surface area contributed by atoms with E-state index < -0.39 is 9.84 Å². The molecule has 0 radical (unpaired) electrons. The highest BCUT2D eigenvalue weighted by atomic mass is 32.2. The molecule has 4 nitrogen and oxygen atoms in total. The number of benzene rings is 1. The lowest BCUT2D eigenvalue weighted by atomic mass is 10.1. The number of nitrogens with one attached hydrogen (secondary N) is 1. The van der Waals surface area contributed by atoms with Crippen molar-refractivity contribution < 1.29 is 13.2 Å². The third-order valence-electron chi connectivity index (χ3n) is 2.85. The van der Waals surface area contributed by atoms with Crippen LogP contribution in [0, 0.1) is 6.92 Å². The van der Waals surface area contributed by atoms with Crippen molar-refractivity contribution in [2.45, 2.75) is 13.0 Å². The first kappa shape index (κ1) is 15.1. The summed E-state index contributed by atoms with van der Waals surface area (Å²) in [5.74, 6) is 0.156. The number of ether oxygens (including phenoxy) is 1. The van der Waals surface area contributed by atoms with Gasteiger partial charge in [0.2, 0.25) is 0 Å². The zero-order valence-electron chi connectivity index (χ0n) is 11.1. The van der Waals surface area contributed by atoms with Crippen molar-refractivity contribution in [2.24, 2.45) is 0 Å². The molecule has 1 aromatic rings. The topological polar surface area (TPSA) is 55.4 Å². The molecule has 0 bridgehead atoms. The number of hydrogen-bond acceptors (Lipinski definition) is 4. The third kappa shape index (κ3) is 4.76. The van der Waals surface area contributed by atoms with Crippen LogP contribution >= 0.6 is 0 Å². The van der Waals surface area contributed by atoms with Gasteiger partial charge in [0.25, 0.3) is 0 Å². The fourth-order valence-electron chi connectivity index (χ4n) is 1.69. The number of sulfone groups is 1. The average Bonchev–Trinajstić information content (AvgIpc) is 2.35. The molecule has 1 rings (SSSR count). The lowest BCUT2D eigenvalue weighted by Crippen LogP contribution is -2.27. The fourth-order valence-corrected chi connectivity index (χ4v) is 3.15. The maximum absolute atomic E-state index is 11.9. The monoisotopic (exact) mass is 271 g/mol. The van der Waals surface area contributed by atoms with Crippen molar-refractivity contribution in [3.05, 3.63) is 35.4 Å². The highest BCUT2D eigenvalue weighted by Crippen LogP contribution is 2.16. The summed E-state index contributed by atoms with van der Waals surface area (Å²) in [6, 6.07) is 7.72. The molecule has 0 aliphatic heterocycles. The molecule has 0 saturated heterocycles. The summed E-state index contributed by atoms with van der Waals surface area (Å²) in [6.45, 7) is 2.25. The van der Waals surface area contributed by atoms with E-state index in [2.05, 4.69) is 5.32 Å². The van der Waals surface area contributed by atoms with Crippen molar-refractivity contribution in [2.75, 3.05) is 32.3 Å². The lowest BCUT2D eigenvalue weighted by Gasteiger charge is -2.17. The smallest absolute Gasteiger partial charge is 0.154 e. The number of aryl methyl sites for hydroxylation is 1. The molecule has 5 heteroatoms. The van der Waals surface area contributed by atoms with E-state index >= 15 is 0 Å². The maximum atomic E-state index is 11.9. The molecular formula is C13H21NO3S. The van der Waals surface area contributed by atoms with Crippen molar-refractivity contribution in [1.82, 2.24) is 5.32 Å². The van der Waals surface area contributed by atoms with Crippen LogP contribution in [0.3, 0.4) is 0 Å². The van der Waals surface area contributed by atoms with Crippen LogP contribution in [0.25, 0.3) is 0 Å². The SMILES string of the molecule is CNC(CS(=O)(=O)CCOC)c1ccc(C)cc1. The van der Waals surface area contributed by atoms with Gasteiger partial charge in [0.1, 0.15) is 0 Å². The molecular weight excluding hydrogens is 250 g/mol. The van der Waals surface area contributed by atoms with E-state index in [1.807, 2.05) is 31.2 Å². The van der Waals surface area contributed by atoms with Crippen molar-refractivity contribution in [1.29, 1.82) is 0 Å². The van der Waals surface area contributed by atoms with E-state index in [-0.39, 0.29) is 24.2 Å². The Morgan fingerprint density at radius 1 is 1.28 bits per heavy atom. The van der Waals surface area contributed by atoms with Crippen molar-refractivity contribution in [3.63, 3.8) is 0 Å². The highest BCUT2D eigenvalue weighted by molar-refractivity contribution is 7.91. The summed E-state index contributed by atoms with van der Waals surface area (Å²) < 4.78 is 28.6. The maximum Gasteiger partial charge on any atom is 0.154 e. The van der Waals surface area contributed by atoms with Crippen molar-refractivity contribution in [3.8, 4) is 0 Å². The minimum atomic E-state index is -3.10. The van der Waals surface area contributed by atoms with Crippen LogP contribution in [0.5, 0.6) is 0 Å². The third-order valence-corrected chi connectivity index (χ3v) is 4.48. The fraction of sp³-hybridized carbons (Fsp3) is 0.538. The second kappa shape index (κ2) is 6.87. The van der Waals surface area contributed by atoms with Crippen molar-refractivity contribution >= 4 is 9.84 Å². The second-order valence-corrected chi connectivity index (χ2v) is 6.59. The molecule has 1 atom stereocenters. The summed E-state index contributed by atoms with van der Waals surface area (Å²) >= 11 is 0. The Balaban J connectivity index is 2.76. The Hall–Kier alpha value is -0.910. The molecule has 1 N–H and O–H groups in total. The van der Waals surface area contributed by atoms with Crippen LogP contribution in [0.4, 0.5) is 0 Å². The van der Waals surface area contributed by atoms with Crippen LogP contribution in [0.1, 0.15) is 17.2 Å². The highest BCUT2D eigenvalue weighted by Gasteiger charge is 2.19. The Labute approximate surface area is 109 Å². The predicted octanol–water partition coefficient (Wildman–Crippen LogP) is 1.32. The van der Waals surface area contributed by atoms with Crippen LogP contribution in [0.2, 0.25) is 0 Å². The quantitative estimate of drug-likeness (QED) is 0.812. The zero-order chi connectivity index (χ0) is 13.6. The molecule has 18 heavy (non-hydrogen) atoms. The summed E-state index contributed by atoms with van der Waals surface area (Å²) in [6.07, 6.45) is 0. The van der Waals surface area contributed by atoms with Gasteiger partial charge in [-0.3, -0.25) is 0 Å². The molecule has 0 aromatic heterocycles. The molecule has 0 saturated carbocycles. The molecule has 0 heterocycles. The van der Waals surface area contributed by atoms with Gasteiger partial charge in [0.05, 0.1) is 18.1 Å². The van der Waals surface area contributed by atoms with Gasteiger partial charge in [-0.2, -0.15) is 0 Å². The Bertz CT molecular complexity index is 454. The van der Waals surface area contributed by atoms with Gasteiger partial charge in [-0.1, -0.05) is 29.8 Å². The van der Waals surface area contributed by atoms with Crippen LogP contribution in [0.15, 0.2) is 24.3 Å². The first-order chi connectivity index (χ1) is 8.48. The number of rotatable bonds is 7. The second-order valence-electron chi connectivity index (χ2n) is 4.36. The van der Waals surface area contributed by atoms with Gasteiger partial charge in [-0.25, -0.2) is 8.42 Å². The van der Waals surface area contributed by atoms with Crippen LogP contribution in [-0.2, 0) is 14.6 Å². The molecule has 0 aliphatic rings. The lowest BCUT2D eigenvalue weighted by molar-refractivity contribution is 0.217. The first-order valence-electron chi connectivity index (χ1n) is 5.91. The molecule has 1 unspecified atom stereocenters. The normalized spacial score (nSPS) is 13.5. The van der Waals surface area contributed by atoms with Gasteiger partial charge < -0.3 is 10.1 Å². The Morgan fingerprint density at radius 2 is 1.89 bits per heavy atom. The van der Waals surface area contributed by atoms with Crippen LogP contribution in [-0.4, -0.2) is 40.7 Å². The molecule has 0 fully saturated rings. The summed E-state index contributed by atoms with van der Waals surface area (Å²) in [7, 11) is 0.178. The molecule has 0 spiro atoms. The minimum absolute atomic E-state index is 0.0630. The van der Waals surface area contributed by atoms with E-state index in [1.165, 1.54) is 7.11 Å². The number of hydrogen-bond donors (Lipinski definition) is 1. The number of methoxy groups -OCH3 is 1. The molecule has 0 amide bonds. The largest absolute Gasteiger partial charge is 0.384 e. The predicted molar refractivity (Wildman–Crippen MR) is 73.5 cm³/mol. The average molecular weight is 271 g/mol. The standard InChI is InChI=1S/C13H21NO3S/c1-11-4-6-12(7-5-11)13(14-2)10-18(15,16)9-8-17-3/h4-7,13-14H,8-10H2,1-3H3. The molecule has 0 aliphatic carbocycles. The van der Waals surface area contributed by atoms with Gasteiger partial charge in [0.15, 0.2) is 9.84 Å². The zero-order valence-corrected chi connectivity index (χ0v) is 12.0. The Kier molecular flexibility index (Phi) is 5.78.